The molecule has 0 saturated heterocycles. The van der Waals surface area contributed by atoms with E-state index in [1.165, 1.54) is 103 Å². The molecule has 596 valence electrons. The van der Waals surface area contributed by atoms with Gasteiger partial charge in [-0.25, -0.2) is 4.98 Å². The number of rotatable bonds is 11. The van der Waals surface area contributed by atoms with Crippen molar-refractivity contribution >= 4 is 180 Å². The highest BCUT2D eigenvalue weighted by molar-refractivity contribution is 6.29. The van der Waals surface area contributed by atoms with Crippen molar-refractivity contribution in [2.45, 2.75) is 6.17 Å². The lowest BCUT2D eigenvalue weighted by molar-refractivity contribution is 0.588. The van der Waals surface area contributed by atoms with E-state index >= 15 is 0 Å². The van der Waals surface area contributed by atoms with E-state index in [1.807, 2.05) is 0 Å². The van der Waals surface area contributed by atoms with Crippen LogP contribution in [-0.2, 0) is 0 Å². The summed E-state index contributed by atoms with van der Waals surface area (Å²) in [5.74, 6) is 0.825. The minimum absolute atomic E-state index is 0.261. The Labute approximate surface area is 732 Å². The van der Waals surface area contributed by atoms with Crippen LogP contribution in [0.15, 0.2) is 437 Å². The Morgan fingerprint density at radius 1 is 0.195 bits per heavy atom. The van der Waals surface area contributed by atoms with Crippen LogP contribution in [0.5, 0.6) is 0 Å². The molecule has 0 saturated carbocycles. The van der Waals surface area contributed by atoms with Crippen LogP contribution < -0.4 is 5.32 Å². The first-order valence-electron chi connectivity index (χ1n) is 44.0. The molecular weight excluding hydrogens is 1560 g/mol. The van der Waals surface area contributed by atoms with Gasteiger partial charge in [0.25, 0.3) is 0 Å². The zero-order valence-electron chi connectivity index (χ0n) is 69.2. The number of nitrogens with zero attached hydrogens (tertiary/aromatic N) is 9. The van der Waals surface area contributed by atoms with Gasteiger partial charge in [-0.1, -0.05) is 279 Å². The molecule has 0 fully saturated rings. The first kappa shape index (κ1) is 70.3. The van der Waals surface area contributed by atoms with Crippen molar-refractivity contribution in [3.63, 3.8) is 0 Å². The molecule has 10 heteroatoms. The molecule has 0 aliphatic carbocycles. The maximum Gasteiger partial charge on any atom is 0.138 e. The molecule has 1 aliphatic heterocycles. The van der Waals surface area contributed by atoms with Gasteiger partial charge in [0.1, 0.15) is 12.0 Å². The standard InChI is InChI=1S/C118H74N10/c1-5-27-77(28-6-1)121-101-43-19-13-35-83(101)89-61-62-90-84-36-15-21-45-103(84)125(112(90)111(89)121)81-57-51-73(52-58-81)74-53-59-82(60-54-74)126-104-46-22-16-37-85(104)91-65-67-95-97-71-75(55-69-107(97)123(115(95)113(91)126)79-31-9-3-10-32-79)76-56-70-108-98(72-76)96-68-66-94-88-40-18-24-48-106(88)128(118(94)116(96)124(108)80-33-11-4-12-34-80)110-50-26-42-100(120-110)99-41-25-49-109(119-99)127-105-47-23-17-39-87(105)93-64-63-92-86-38-14-20-44-102(86)122(114(92)117(93)127)78-29-7-2-8-30-78/h1-72,109,119H. The van der Waals surface area contributed by atoms with Crippen LogP contribution in [0.4, 0.5) is 0 Å². The van der Waals surface area contributed by atoms with Gasteiger partial charge < -0.3 is 37.3 Å². The summed E-state index contributed by atoms with van der Waals surface area (Å²) in [4.78, 5) is 5.77. The molecule has 1 atom stereocenters. The number of allylic oxidation sites excluding steroid dienone is 2. The third-order valence-electron chi connectivity index (χ3n) is 27.4. The van der Waals surface area contributed by atoms with Crippen LogP contribution in [0, 0.1) is 0 Å². The van der Waals surface area contributed by atoms with Gasteiger partial charge in [0.05, 0.1) is 99.7 Å². The normalized spacial score (nSPS) is 13.3. The monoisotopic (exact) mass is 1630 g/mol. The van der Waals surface area contributed by atoms with E-state index < -0.39 is 0 Å². The van der Waals surface area contributed by atoms with E-state index in [4.69, 9.17) is 4.98 Å². The molecule has 9 aromatic heterocycles. The van der Waals surface area contributed by atoms with E-state index in [9.17, 15) is 0 Å². The van der Waals surface area contributed by atoms with E-state index in [2.05, 4.69) is 479 Å². The molecule has 128 heavy (non-hydrogen) atoms. The summed E-state index contributed by atoms with van der Waals surface area (Å²) in [5.41, 5.74) is 31.4. The van der Waals surface area contributed by atoms with Crippen LogP contribution >= 0.6 is 0 Å². The quantitative estimate of drug-likeness (QED) is 0.140. The van der Waals surface area contributed by atoms with Gasteiger partial charge in [-0.05, 0) is 180 Å². The summed E-state index contributed by atoms with van der Waals surface area (Å²) < 4.78 is 19.8. The van der Waals surface area contributed by atoms with Crippen LogP contribution in [-0.4, -0.2) is 41.5 Å². The third kappa shape index (κ3) is 10.0. The molecule has 1 unspecified atom stereocenters. The lowest BCUT2D eigenvalue weighted by Gasteiger charge is -2.25. The minimum atomic E-state index is -0.261. The molecule has 0 bridgehead atoms. The maximum absolute atomic E-state index is 5.77. The number of para-hydroxylation sites is 10. The Hall–Kier alpha value is -17.2. The topological polar surface area (TPSA) is 64.4 Å². The van der Waals surface area contributed by atoms with E-state index in [-0.39, 0.29) is 6.17 Å². The second-order valence-electron chi connectivity index (χ2n) is 34.1. The summed E-state index contributed by atoms with van der Waals surface area (Å²) in [6.45, 7) is 0. The molecule has 1 N–H and O–H groups in total. The van der Waals surface area contributed by atoms with Crippen molar-refractivity contribution in [3.05, 3.63) is 443 Å². The summed E-state index contributed by atoms with van der Waals surface area (Å²) >= 11 is 0. The third-order valence-corrected chi connectivity index (χ3v) is 27.4. The lowest BCUT2D eigenvalue weighted by atomic mass is 10.00. The number of dihydropyridines is 1. The van der Waals surface area contributed by atoms with E-state index in [0.717, 1.165) is 145 Å². The van der Waals surface area contributed by atoms with Crippen molar-refractivity contribution in [1.82, 2.24) is 46.8 Å². The van der Waals surface area contributed by atoms with Gasteiger partial charge in [-0.3, -0.25) is 4.57 Å². The lowest BCUT2D eigenvalue weighted by Crippen LogP contribution is -2.26. The molecule has 1 aliphatic rings. The van der Waals surface area contributed by atoms with Gasteiger partial charge in [0.15, 0.2) is 0 Å². The molecule has 28 rings (SSSR count). The smallest absolute Gasteiger partial charge is 0.138 e. The largest absolute Gasteiger partial charge is 0.360 e. The van der Waals surface area contributed by atoms with Gasteiger partial charge >= 0.3 is 0 Å². The Morgan fingerprint density at radius 3 is 0.836 bits per heavy atom. The predicted molar refractivity (Wildman–Crippen MR) is 534 cm³/mol. The van der Waals surface area contributed by atoms with Crippen molar-refractivity contribution in [2.75, 3.05) is 0 Å². The molecule has 18 aromatic carbocycles. The van der Waals surface area contributed by atoms with Crippen molar-refractivity contribution in [2.24, 2.45) is 0 Å². The molecular formula is C118H74N10. The SMILES string of the molecule is C1=CC(n2c3ccccc3c3ccc4c5ccccc5n(-c5ccccc5)c4c32)NC(c2cccc(-n3c4ccccc4c4ccc5c6cc(-c7ccc8c(c7)c7ccc9c%10ccccc%10n(-c%10ccc(-c%11ccc(-n%12c%13ccccc%13c%13ccc%14c%15ccccc%15n(-c%15ccccc%15)c%14c%13%12)cc%11)cc%10)c9c7n8-c7ccccc7)ccc6n(-c6ccccc6)c5c43)n2)=C1. The average Bonchev–Trinajstić information content (AvgIpc) is 1.56. The predicted octanol–water partition coefficient (Wildman–Crippen LogP) is 29.9. The van der Waals surface area contributed by atoms with E-state index in [1.54, 1.807) is 0 Å². The van der Waals surface area contributed by atoms with Gasteiger partial charge in [-0.15, -0.1) is 0 Å². The van der Waals surface area contributed by atoms with E-state index in [0.29, 0.717) is 0 Å². The molecule has 10 heterocycles. The van der Waals surface area contributed by atoms with Gasteiger partial charge in [-0.2, -0.15) is 0 Å². The summed E-state index contributed by atoms with van der Waals surface area (Å²) in [6.07, 6.45) is 6.39. The highest BCUT2D eigenvalue weighted by atomic mass is 15.2. The second kappa shape index (κ2) is 27.1. The number of aromatic nitrogens is 9. The number of hydrogen-bond donors (Lipinski definition) is 1. The Balaban J connectivity index is 0.566. The van der Waals surface area contributed by atoms with Crippen LogP contribution in [0.25, 0.3) is 242 Å². The van der Waals surface area contributed by atoms with Crippen molar-refractivity contribution in [1.29, 1.82) is 0 Å². The highest BCUT2D eigenvalue weighted by Gasteiger charge is 2.30. The zero-order chi connectivity index (χ0) is 83.5. The zero-order valence-corrected chi connectivity index (χ0v) is 69.2. The number of pyridine rings is 1. The first-order chi connectivity index (χ1) is 63.6. The summed E-state index contributed by atoms with van der Waals surface area (Å²) in [6, 6.07) is 154. The molecule has 0 spiro atoms. The first-order valence-corrected chi connectivity index (χ1v) is 44.0. The van der Waals surface area contributed by atoms with Gasteiger partial charge in [0.2, 0.25) is 0 Å². The fourth-order valence-corrected chi connectivity index (χ4v) is 22.1. The highest BCUT2D eigenvalue weighted by Crippen LogP contribution is 2.50. The van der Waals surface area contributed by atoms with Crippen molar-refractivity contribution < 1.29 is 0 Å². The summed E-state index contributed by atoms with van der Waals surface area (Å²) in [5, 5.41) is 23.2. The maximum atomic E-state index is 5.77. The van der Waals surface area contributed by atoms with Crippen molar-refractivity contribution in [3.8, 4) is 62.2 Å². The molecule has 10 nitrogen and oxygen atoms in total. The second-order valence-corrected chi connectivity index (χ2v) is 34.1. The fraction of sp³-hybridized carbons (Fsp3) is 0.00847. The Morgan fingerprint density at radius 2 is 0.469 bits per heavy atom. The molecule has 0 amide bonds. The molecule has 0 radical (unpaired) electrons. The number of fused-ring (bicyclic) bond motifs is 28. The number of benzene rings is 18. The summed E-state index contributed by atoms with van der Waals surface area (Å²) in [7, 11) is 0. The molecule has 27 aromatic rings. The average molecular weight is 1630 g/mol. The Bertz CT molecular complexity index is 9450. The fourth-order valence-electron chi connectivity index (χ4n) is 22.1. The minimum Gasteiger partial charge on any atom is -0.360 e. The number of nitrogens with one attached hydrogen (secondary N) is 1. The number of hydrogen-bond acceptors (Lipinski definition) is 2. The van der Waals surface area contributed by atoms with Crippen LogP contribution in [0.3, 0.4) is 0 Å². The van der Waals surface area contributed by atoms with Crippen LogP contribution in [0.1, 0.15) is 11.9 Å². The van der Waals surface area contributed by atoms with Gasteiger partial charge in [0, 0.05) is 120 Å². The Kier molecular flexibility index (Phi) is 14.9. The van der Waals surface area contributed by atoms with Crippen LogP contribution in [0.2, 0.25) is 0 Å².